The summed E-state index contributed by atoms with van der Waals surface area (Å²) in [5.74, 6) is -0.241. The molecular formula is C25H27ClN4O3. The van der Waals surface area contributed by atoms with Gasteiger partial charge in [0, 0.05) is 17.0 Å². The molecule has 0 amide bonds. The summed E-state index contributed by atoms with van der Waals surface area (Å²) >= 11 is 5.91. The van der Waals surface area contributed by atoms with Crippen LogP contribution < -0.4 is 10.9 Å². The maximum absolute atomic E-state index is 13.6. The third-order valence-electron chi connectivity index (χ3n) is 7.24. The largest absolute Gasteiger partial charge is 0.476 e. The second-order valence-corrected chi connectivity index (χ2v) is 9.99. The second-order valence-electron chi connectivity index (χ2n) is 9.60. The van der Waals surface area contributed by atoms with Gasteiger partial charge < -0.3 is 10.4 Å². The number of carbonyl (C=O) groups is 1. The zero-order valence-corrected chi connectivity index (χ0v) is 19.7. The number of carboxylic acid groups (broad SMARTS) is 1. The molecule has 3 heterocycles. The van der Waals surface area contributed by atoms with Gasteiger partial charge >= 0.3 is 5.97 Å². The highest BCUT2D eigenvalue weighted by Gasteiger charge is 2.46. The van der Waals surface area contributed by atoms with Gasteiger partial charge in [-0.3, -0.25) is 9.36 Å². The van der Waals surface area contributed by atoms with Gasteiger partial charge in [0.05, 0.1) is 22.6 Å². The fourth-order valence-electron chi connectivity index (χ4n) is 5.85. The lowest BCUT2D eigenvalue weighted by Gasteiger charge is -2.23. The summed E-state index contributed by atoms with van der Waals surface area (Å²) in [6.45, 7) is 6.02. The van der Waals surface area contributed by atoms with Gasteiger partial charge in [0.2, 0.25) is 0 Å². The monoisotopic (exact) mass is 466 g/mol. The van der Waals surface area contributed by atoms with Crippen LogP contribution in [0.15, 0.2) is 29.1 Å². The Bertz CT molecular complexity index is 1340. The highest BCUT2D eigenvalue weighted by atomic mass is 35.5. The third kappa shape index (κ3) is 3.50. The fourth-order valence-corrected chi connectivity index (χ4v) is 5.99. The predicted octanol–water partition coefficient (Wildman–Crippen LogP) is 5.40. The molecule has 2 N–H and O–H groups in total. The van der Waals surface area contributed by atoms with E-state index in [4.69, 9.17) is 16.6 Å². The van der Waals surface area contributed by atoms with E-state index < -0.39 is 5.97 Å². The zero-order valence-electron chi connectivity index (χ0n) is 19.0. The summed E-state index contributed by atoms with van der Waals surface area (Å²) in [6, 6.07) is 6.94. The van der Waals surface area contributed by atoms with Crippen molar-refractivity contribution in [3.63, 3.8) is 0 Å². The summed E-state index contributed by atoms with van der Waals surface area (Å²) in [5, 5.41) is 13.5. The Morgan fingerprint density at radius 3 is 2.70 bits per heavy atom. The Balaban J connectivity index is 1.66. The molecule has 5 rings (SSSR count). The van der Waals surface area contributed by atoms with Crippen LogP contribution in [0.2, 0.25) is 5.15 Å². The van der Waals surface area contributed by atoms with E-state index in [9.17, 15) is 14.7 Å². The van der Waals surface area contributed by atoms with Crippen LogP contribution in [-0.2, 0) is 5.41 Å². The van der Waals surface area contributed by atoms with E-state index in [-0.39, 0.29) is 33.9 Å². The van der Waals surface area contributed by atoms with Gasteiger partial charge in [0.25, 0.3) is 5.56 Å². The summed E-state index contributed by atoms with van der Waals surface area (Å²) in [4.78, 5) is 34.4. The Morgan fingerprint density at radius 1 is 1.27 bits per heavy atom. The minimum atomic E-state index is -1.16. The van der Waals surface area contributed by atoms with E-state index in [1.165, 1.54) is 12.8 Å². The van der Waals surface area contributed by atoms with E-state index in [0.717, 1.165) is 36.2 Å². The molecular weight excluding hydrogens is 440 g/mol. The SMILES string of the molecule is Cc1cc([C@@H](C)Nc2ccc(Cl)nc2C(=O)O)c2nc3n(c(=O)c2c1)[C@@H](C)CC31CCCC1. The summed E-state index contributed by atoms with van der Waals surface area (Å²) in [6.07, 6.45) is 5.44. The number of aryl methyl sites for hydroxylation is 1. The highest BCUT2D eigenvalue weighted by Crippen LogP contribution is 2.50. The highest BCUT2D eigenvalue weighted by molar-refractivity contribution is 6.29. The molecule has 0 saturated heterocycles. The van der Waals surface area contributed by atoms with Crippen LogP contribution in [-0.4, -0.2) is 25.6 Å². The molecule has 2 aromatic heterocycles. The number of carboxylic acids is 1. The zero-order chi connectivity index (χ0) is 23.5. The van der Waals surface area contributed by atoms with Crippen LogP contribution in [0.4, 0.5) is 5.69 Å². The average Bonchev–Trinajstić information content (AvgIpc) is 3.34. The van der Waals surface area contributed by atoms with Crippen molar-refractivity contribution in [1.29, 1.82) is 0 Å². The normalized spacial score (nSPS) is 19.7. The quantitative estimate of drug-likeness (QED) is 0.499. The Hall–Kier alpha value is -2.93. The molecule has 1 fully saturated rings. The van der Waals surface area contributed by atoms with Crippen molar-refractivity contribution in [3.05, 3.63) is 62.4 Å². The molecule has 1 saturated carbocycles. The number of halogens is 1. The van der Waals surface area contributed by atoms with Crippen molar-refractivity contribution < 1.29 is 9.90 Å². The second kappa shape index (κ2) is 7.83. The molecule has 0 bridgehead atoms. The Morgan fingerprint density at radius 2 is 2.00 bits per heavy atom. The van der Waals surface area contributed by atoms with Gasteiger partial charge in [0.1, 0.15) is 11.0 Å². The van der Waals surface area contributed by atoms with Gasteiger partial charge in [-0.1, -0.05) is 30.5 Å². The van der Waals surface area contributed by atoms with Crippen molar-refractivity contribution >= 4 is 34.2 Å². The Kier molecular flexibility index (Phi) is 5.20. The lowest BCUT2D eigenvalue weighted by atomic mass is 9.82. The predicted molar refractivity (Wildman–Crippen MR) is 128 cm³/mol. The molecule has 2 aliphatic rings. The van der Waals surface area contributed by atoms with Crippen LogP contribution in [0.25, 0.3) is 10.9 Å². The van der Waals surface area contributed by atoms with Crippen molar-refractivity contribution in [2.45, 2.75) is 70.4 Å². The molecule has 3 aromatic rings. The molecule has 1 aromatic carbocycles. The number of rotatable bonds is 4. The minimum Gasteiger partial charge on any atom is -0.476 e. The number of nitrogens with zero attached hydrogens (tertiary/aromatic N) is 3. The van der Waals surface area contributed by atoms with Crippen molar-refractivity contribution in [1.82, 2.24) is 14.5 Å². The minimum absolute atomic E-state index is 0.0117. The molecule has 2 atom stereocenters. The number of hydrogen-bond acceptors (Lipinski definition) is 5. The number of benzene rings is 1. The van der Waals surface area contributed by atoms with E-state index >= 15 is 0 Å². The van der Waals surface area contributed by atoms with Crippen molar-refractivity contribution in [2.24, 2.45) is 0 Å². The maximum Gasteiger partial charge on any atom is 0.356 e. The van der Waals surface area contributed by atoms with Crippen LogP contribution in [0, 0.1) is 6.92 Å². The Labute approximate surface area is 196 Å². The lowest BCUT2D eigenvalue weighted by Crippen LogP contribution is -2.27. The van der Waals surface area contributed by atoms with Gasteiger partial charge in [-0.25, -0.2) is 14.8 Å². The number of nitrogens with one attached hydrogen (secondary N) is 1. The molecule has 33 heavy (non-hydrogen) atoms. The van der Waals surface area contributed by atoms with E-state index in [2.05, 4.69) is 17.2 Å². The van der Waals surface area contributed by atoms with Gasteiger partial charge in [-0.2, -0.15) is 0 Å². The molecule has 1 aliphatic heterocycles. The smallest absolute Gasteiger partial charge is 0.356 e. The number of aromatic nitrogens is 3. The van der Waals surface area contributed by atoms with Crippen LogP contribution in [0.5, 0.6) is 0 Å². The number of aromatic carboxylic acids is 1. The third-order valence-corrected chi connectivity index (χ3v) is 7.45. The van der Waals surface area contributed by atoms with Crippen molar-refractivity contribution in [3.8, 4) is 0 Å². The maximum atomic E-state index is 13.6. The topological polar surface area (TPSA) is 97.1 Å². The van der Waals surface area contributed by atoms with Crippen LogP contribution in [0.3, 0.4) is 0 Å². The standard InChI is InChI=1S/C25H27ClN4O3/c1-13-10-16(15(3)27-18-6-7-19(26)28-21(18)23(32)33)20-17(11-13)22(31)30-14(2)12-25(24(30)29-20)8-4-5-9-25/h6-7,10-11,14-15,27H,4-5,8-9,12H2,1-3H3,(H,32,33)/t14-,15+/m0/s1. The average molecular weight is 467 g/mol. The number of anilines is 1. The first kappa shape index (κ1) is 21.9. The fraction of sp³-hybridized carbons (Fsp3) is 0.440. The molecule has 1 spiro atoms. The van der Waals surface area contributed by atoms with E-state index in [1.54, 1.807) is 12.1 Å². The van der Waals surface area contributed by atoms with Gasteiger partial charge in [0.15, 0.2) is 5.69 Å². The first-order valence-electron chi connectivity index (χ1n) is 11.4. The lowest BCUT2D eigenvalue weighted by molar-refractivity contribution is 0.0691. The molecule has 8 heteroatoms. The molecule has 0 unspecified atom stereocenters. The van der Waals surface area contributed by atoms with Crippen LogP contribution in [0.1, 0.15) is 85.5 Å². The number of pyridine rings is 1. The van der Waals surface area contributed by atoms with Gasteiger partial charge in [-0.05, 0) is 63.8 Å². The molecule has 0 radical (unpaired) electrons. The van der Waals surface area contributed by atoms with Crippen LogP contribution >= 0.6 is 11.6 Å². The summed E-state index contributed by atoms with van der Waals surface area (Å²) in [5.41, 5.74) is 2.75. The molecule has 1 aliphatic carbocycles. The summed E-state index contributed by atoms with van der Waals surface area (Å²) in [7, 11) is 0. The van der Waals surface area contributed by atoms with Crippen molar-refractivity contribution in [2.75, 3.05) is 5.32 Å². The van der Waals surface area contributed by atoms with E-state index in [1.807, 2.05) is 30.5 Å². The summed E-state index contributed by atoms with van der Waals surface area (Å²) < 4.78 is 1.92. The number of fused-ring (bicyclic) bond motifs is 3. The van der Waals surface area contributed by atoms with E-state index in [0.29, 0.717) is 16.6 Å². The molecule has 7 nitrogen and oxygen atoms in total. The van der Waals surface area contributed by atoms with Gasteiger partial charge in [-0.15, -0.1) is 0 Å². The number of hydrogen-bond donors (Lipinski definition) is 2. The first-order valence-corrected chi connectivity index (χ1v) is 11.8. The molecule has 172 valence electrons. The first-order chi connectivity index (χ1) is 15.7.